The molecule has 0 aliphatic heterocycles. The van der Waals surface area contributed by atoms with Gasteiger partial charge in [-0.2, -0.15) is 0 Å². The standard InChI is InChI=1S/C17H22FN3O/c1-12(13-5-6-17(22-4)15(18)9-13)20-11-14-10-19-8-7-16(14)21(2)3/h5-10,12,20H,11H2,1-4H3/t12-/m1/s1. The quantitative estimate of drug-likeness (QED) is 0.889. The Morgan fingerprint density at radius 1 is 1.32 bits per heavy atom. The highest BCUT2D eigenvalue weighted by Crippen LogP contribution is 2.23. The van der Waals surface area contributed by atoms with Crippen molar-refractivity contribution in [1.82, 2.24) is 10.3 Å². The van der Waals surface area contributed by atoms with Crippen molar-refractivity contribution in [2.75, 3.05) is 26.1 Å². The van der Waals surface area contributed by atoms with Gasteiger partial charge in [0.15, 0.2) is 11.6 Å². The molecule has 0 aliphatic rings. The van der Waals surface area contributed by atoms with Crippen molar-refractivity contribution in [3.8, 4) is 5.75 Å². The zero-order valence-electron chi connectivity index (χ0n) is 13.4. The Balaban J connectivity index is 2.07. The number of methoxy groups -OCH3 is 1. The lowest BCUT2D eigenvalue weighted by Gasteiger charge is -2.19. The first-order valence-electron chi connectivity index (χ1n) is 7.20. The van der Waals surface area contributed by atoms with Crippen LogP contribution in [0.25, 0.3) is 0 Å². The van der Waals surface area contributed by atoms with Crippen molar-refractivity contribution in [3.63, 3.8) is 0 Å². The molecule has 118 valence electrons. The summed E-state index contributed by atoms with van der Waals surface area (Å²) in [6, 6.07) is 7.03. The smallest absolute Gasteiger partial charge is 0.165 e. The number of anilines is 1. The molecule has 4 nitrogen and oxygen atoms in total. The molecule has 1 aromatic carbocycles. The Labute approximate surface area is 130 Å². The molecule has 2 rings (SSSR count). The van der Waals surface area contributed by atoms with E-state index in [0.29, 0.717) is 6.54 Å². The maximum atomic E-state index is 13.8. The number of aromatic nitrogens is 1. The number of pyridine rings is 1. The monoisotopic (exact) mass is 303 g/mol. The lowest BCUT2D eigenvalue weighted by atomic mass is 10.1. The van der Waals surface area contributed by atoms with Crippen molar-refractivity contribution in [3.05, 3.63) is 53.6 Å². The lowest BCUT2D eigenvalue weighted by molar-refractivity contribution is 0.385. The van der Waals surface area contributed by atoms with E-state index in [2.05, 4.69) is 15.2 Å². The largest absolute Gasteiger partial charge is 0.494 e. The molecule has 5 heteroatoms. The number of halogens is 1. The van der Waals surface area contributed by atoms with Crippen molar-refractivity contribution in [2.45, 2.75) is 19.5 Å². The van der Waals surface area contributed by atoms with Crippen molar-refractivity contribution in [2.24, 2.45) is 0 Å². The summed E-state index contributed by atoms with van der Waals surface area (Å²) in [5.74, 6) is -0.0814. The van der Waals surface area contributed by atoms with Crippen molar-refractivity contribution >= 4 is 5.69 Å². The zero-order valence-corrected chi connectivity index (χ0v) is 13.4. The second-order valence-corrected chi connectivity index (χ2v) is 5.40. The summed E-state index contributed by atoms with van der Waals surface area (Å²) in [4.78, 5) is 6.22. The van der Waals surface area contributed by atoms with Gasteiger partial charge in [-0.15, -0.1) is 0 Å². The fourth-order valence-electron chi connectivity index (χ4n) is 2.33. The van der Waals surface area contributed by atoms with Gasteiger partial charge in [-0.3, -0.25) is 4.98 Å². The fourth-order valence-corrected chi connectivity index (χ4v) is 2.33. The van der Waals surface area contributed by atoms with Gasteiger partial charge in [0.25, 0.3) is 0 Å². The lowest BCUT2D eigenvalue weighted by Crippen LogP contribution is -2.20. The third-order valence-corrected chi connectivity index (χ3v) is 3.63. The van der Waals surface area contributed by atoms with Crippen LogP contribution in [0.15, 0.2) is 36.7 Å². The van der Waals surface area contributed by atoms with Gasteiger partial charge in [0, 0.05) is 50.3 Å². The predicted octanol–water partition coefficient (Wildman–Crippen LogP) is 3.15. The van der Waals surface area contributed by atoms with Crippen LogP contribution in [-0.4, -0.2) is 26.2 Å². The molecule has 1 heterocycles. The molecule has 22 heavy (non-hydrogen) atoms. The van der Waals surface area contributed by atoms with Gasteiger partial charge in [0.05, 0.1) is 7.11 Å². The van der Waals surface area contributed by atoms with Crippen LogP contribution in [0.2, 0.25) is 0 Å². The molecular weight excluding hydrogens is 281 g/mol. The summed E-state index contributed by atoms with van der Waals surface area (Å²) in [7, 11) is 5.47. The first-order chi connectivity index (χ1) is 10.5. The van der Waals surface area contributed by atoms with Gasteiger partial charge in [-0.05, 0) is 30.7 Å². The molecule has 0 saturated carbocycles. The SMILES string of the molecule is COc1ccc([C@@H](C)NCc2cnccc2N(C)C)cc1F. The minimum absolute atomic E-state index is 0.0237. The summed E-state index contributed by atoms with van der Waals surface area (Å²) >= 11 is 0. The molecule has 1 N–H and O–H groups in total. The normalized spacial score (nSPS) is 12.0. The summed E-state index contributed by atoms with van der Waals surface area (Å²) in [6.07, 6.45) is 3.63. The minimum atomic E-state index is -0.344. The number of nitrogens with zero attached hydrogens (tertiary/aromatic N) is 2. The van der Waals surface area contributed by atoms with Gasteiger partial charge < -0.3 is 15.0 Å². The molecule has 1 atom stereocenters. The third kappa shape index (κ3) is 3.74. The van der Waals surface area contributed by atoms with Crippen LogP contribution in [0.4, 0.5) is 10.1 Å². The molecule has 0 radical (unpaired) electrons. The van der Waals surface area contributed by atoms with E-state index in [-0.39, 0.29) is 17.6 Å². The number of ether oxygens (including phenoxy) is 1. The van der Waals surface area contributed by atoms with Crippen LogP contribution in [0.5, 0.6) is 5.75 Å². The van der Waals surface area contributed by atoms with Gasteiger partial charge in [0.2, 0.25) is 0 Å². The van der Waals surface area contributed by atoms with Gasteiger partial charge in [-0.1, -0.05) is 6.07 Å². The summed E-state index contributed by atoms with van der Waals surface area (Å²) in [5.41, 5.74) is 3.11. The van der Waals surface area contributed by atoms with E-state index in [1.807, 2.05) is 39.3 Å². The minimum Gasteiger partial charge on any atom is -0.494 e. The topological polar surface area (TPSA) is 37.4 Å². The molecule has 1 aromatic heterocycles. The van der Waals surface area contributed by atoms with Crippen LogP contribution in [0.1, 0.15) is 24.1 Å². The highest BCUT2D eigenvalue weighted by molar-refractivity contribution is 5.50. The summed E-state index contributed by atoms with van der Waals surface area (Å²) in [6.45, 7) is 2.67. The Bertz CT molecular complexity index is 631. The van der Waals surface area contributed by atoms with Gasteiger partial charge >= 0.3 is 0 Å². The van der Waals surface area contributed by atoms with Crippen LogP contribution in [0.3, 0.4) is 0 Å². The number of benzene rings is 1. The van der Waals surface area contributed by atoms with Gasteiger partial charge in [0.1, 0.15) is 0 Å². The predicted molar refractivity (Wildman–Crippen MR) is 86.8 cm³/mol. The van der Waals surface area contributed by atoms with Crippen LogP contribution in [-0.2, 0) is 6.54 Å². The molecule has 0 unspecified atom stereocenters. The van der Waals surface area contributed by atoms with Crippen LogP contribution < -0.4 is 15.0 Å². The second-order valence-electron chi connectivity index (χ2n) is 5.40. The average Bonchev–Trinajstić information content (AvgIpc) is 2.52. The van der Waals surface area contributed by atoms with Crippen molar-refractivity contribution in [1.29, 1.82) is 0 Å². The highest BCUT2D eigenvalue weighted by atomic mass is 19.1. The number of hydrogen-bond acceptors (Lipinski definition) is 4. The summed E-state index contributed by atoms with van der Waals surface area (Å²) in [5, 5.41) is 3.40. The number of nitrogens with one attached hydrogen (secondary N) is 1. The number of hydrogen-bond donors (Lipinski definition) is 1. The first-order valence-corrected chi connectivity index (χ1v) is 7.20. The van der Waals surface area contributed by atoms with Crippen LogP contribution >= 0.6 is 0 Å². The van der Waals surface area contributed by atoms with Crippen LogP contribution in [0, 0.1) is 5.82 Å². The van der Waals surface area contributed by atoms with E-state index in [1.54, 1.807) is 12.3 Å². The Morgan fingerprint density at radius 2 is 2.09 bits per heavy atom. The van der Waals surface area contributed by atoms with Crippen molar-refractivity contribution < 1.29 is 9.13 Å². The van der Waals surface area contributed by atoms with E-state index < -0.39 is 0 Å². The molecule has 0 aliphatic carbocycles. The highest BCUT2D eigenvalue weighted by Gasteiger charge is 2.11. The molecule has 0 spiro atoms. The molecule has 0 amide bonds. The molecular formula is C17H22FN3O. The third-order valence-electron chi connectivity index (χ3n) is 3.63. The van der Waals surface area contributed by atoms with E-state index >= 15 is 0 Å². The summed E-state index contributed by atoms with van der Waals surface area (Å²) < 4.78 is 18.7. The average molecular weight is 303 g/mol. The molecule has 2 aromatic rings. The van der Waals surface area contributed by atoms with Gasteiger partial charge in [-0.25, -0.2) is 4.39 Å². The van der Waals surface area contributed by atoms with E-state index in [1.165, 1.54) is 13.2 Å². The number of rotatable bonds is 6. The molecule has 0 saturated heterocycles. The van der Waals surface area contributed by atoms with E-state index in [4.69, 9.17) is 4.74 Å². The Morgan fingerprint density at radius 3 is 2.73 bits per heavy atom. The molecule has 0 bridgehead atoms. The maximum absolute atomic E-state index is 13.8. The fraction of sp³-hybridized carbons (Fsp3) is 0.353. The Hall–Kier alpha value is -2.14. The first kappa shape index (κ1) is 16.2. The van der Waals surface area contributed by atoms with E-state index in [9.17, 15) is 4.39 Å². The second kappa shape index (κ2) is 7.22. The maximum Gasteiger partial charge on any atom is 0.165 e. The zero-order chi connectivity index (χ0) is 16.1. The molecule has 0 fully saturated rings. The Kier molecular flexibility index (Phi) is 5.33. The van der Waals surface area contributed by atoms with E-state index in [0.717, 1.165) is 16.8 Å².